The topological polar surface area (TPSA) is 99.2 Å². The number of hydrogen-bond donors (Lipinski definition) is 0. The Morgan fingerprint density at radius 1 is 1.21 bits per heavy atom. The fourth-order valence-corrected chi connectivity index (χ4v) is 3.08. The zero-order chi connectivity index (χ0) is 20.8. The third-order valence-electron chi connectivity index (χ3n) is 4.53. The Labute approximate surface area is 167 Å². The molecule has 152 valence electrons. The van der Waals surface area contributed by atoms with Gasteiger partial charge in [0.1, 0.15) is 25.3 Å². The van der Waals surface area contributed by atoms with Crippen molar-refractivity contribution in [2.75, 3.05) is 6.61 Å². The highest BCUT2D eigenvalue weighted by molar-refractivity contribution is 5.93. The van der Waals surface area contributed by atoms with E-state index in [0.29, 0.717) is 6.29 Å². The summed E-state index contributed by atoms with van der Waals surface area (Å²) in [5.41, 5.74) is 1.04. The normalized spacial score (nSPS) is 21.8. The quantitative estimate of drug-likeness (QED) is 0.215. The van der Waals surface area contributed by atoms with Gasteiger partial charge in [-0.05, 0) is 12.0 Å². The Bertz CT molecular complexity index is 859. The molecule has 2 saturated heterocycles. The van der Waals surface area contributed by atoms with Gasteiger partial charge in [-0.1, -0.05) is 42.5 Å². The van der Waals surface area contributed by atoms with Gasteiger partial charge in [-0.2, -0.15) is 0 Å². The molecule has 29 heavy (non-hydrogen) atoms. The van der Waals surface area contributed by atoms with Gasteiger partial charge < -0.3 is 14.2 Å². The van der Waals surface area contributed by atoms with Crippen LogP contribution in [0.4, 0.5) is 0 Å². The number of carbonyl (C=O) groups is 4. The van der Waals surface area contributed by atoms with Crippen LogP contribution in [0.25, 0.3) is 0 Å². The number of rotatable bonds is 8. The lowest BCUT2D eigenvalue weighted by Crippen LogP contribution is -2.55. The van der Waals surface area contributed by atoms with E-state index in [2.05, 4.69) is 0 Å². The van der Waals surface area contributed by atoms with Crippen LogP contribution in [-0.4, -0.2) is 47.9 Å². The summed E-state index contributed by atoms with van der Waals surface area (Å²) in [5.74, 6) is -1.16. The molecule has 3 rings (SSSR count). The zero-order valence-electron chi connectivity index (χ0n) is 15.9. The summed E-state index contributed by atoms with van der Waals surface area (Å²) in [6, 6.07) is 8.07. The first kappa shape index (κ1) is 20.3. The number of fused-ring (bicyclic) bond motifs is 1. The highest BCUT2D eigenvalue weighted by Gasteiger charge is 2.55. The van der Waals surface area contributed by atoms with E-state index in [-0.39, 0.29) is 43.3 Å². The summed E-state index contributed by atoms with van der Waals surface area (Å²) >= 11 is 0. The average molecular weight is 399 g/mol. The standard InChI is InChI=1S/C21H21NO7/c1-14(24)27-10-6-5-9-16(12-23)20-19(22-17(25)11-18(22)29-20)21(26)28-13-15-7-3-2-4-8-15/h2-8,12,18-19H,9-11,13H2,1H3/b6-5+,20-16-/t18-,19?/m1/s1. The minimum absolute atomic E-state index is 0.0505. The van der Waals surface area contributed by atoms with Crippen molar-refractivity contribution in [2.24, 2.45) is 0 Å². The second-order valence-corrected chi connectivity index (χ2v) is 6.56. The molecule has 0 spiro atoms. The van der Waals surface area contributed by atoms with Crippen molar-refractivity contribution < 1.29 is 33.4 Å². The summed E-state index contributed by atoms with van der Waals surface area (Å²) in [5, 5.41) is 0. The van der Waals surface area contributed by atoms with E-state index in [1.807, 2.05) is 30.3 Å². The molecule has 2 heterocycles. The van der Waals surface area contributed by atoms with Gasteiger partial charge in [-0.25, -0.2) is 4.79 Å². The predicted octanol–water partition coefficient (Wildman–Crippen LogP) is 1.65. The summed E-state index contributed by atoms with van der Waals surface area (Å²) in [7, 11) is 0. The molecule has 2 atom stereocenters. The molecule has 0 saturated carbocycles. The number of amides is 1. The van der Waals surface area contributed by atoms with Gasteiger partial charge in [0.05, 0.1) is 6.42 Å². The molecule has 1 amide bonds. The number of nitrogens with zero attached hydrogens (tertiary/aromatic N) is 1. The van der Waals surface area contributed by atoms with E-state index < -0.39 is 24.2 Å². The molecular weight excluding hydrogens is 378 g/mol. The largest absolute Gasteiger partial charge is 0.471 e. The summed E-state index contributed by atoms with van der Waals surface area (Å²) in [4.78, 5) is 48.4. The van der Waals surface area contributed by atoms with Crippen molar-refractivity contribution in [2.45, 2.75) is 38.6 Å². The monoisotopic (exact) mass is 399 g/mol. The average Bonchev–Trinajstić information content (AvgIpc) is 3.02. The molecule has 8 nitrogen and oxygen atoms in total. The molecule has 0 aliphatic carbocycles. The molecule has 8 heteroatoms. The Morgan fingerprint density at radius 3 is 2.62 bits per heavy atom. The van der Waals surface area contributed by atoms with E-state index >= 15 is 0 Å². The number of allylic oxidation sites excluding steroid dienone is 2. The Morgan fingerprint density at radius 2 is 1.97 bits per heavy atom. The molecule has 2 aliphatic rings. The molecular formula is C21H21NO7. The van der Waals surface area contributed by atoms with Gasteiger partial charge in [-0.3, -0.25) is 19.3 Å². The first-order valence-electron chi connectivity index (χ1n) is 9.16. The lowest BCUT2D eigenvalue weighted by atomic mass is 10.0. The van der Waals surface area contributed by atoms with Crippen molar-refractivity contribution in [1.29, 1.82) is 0 Å². The van der Waals surface area contributed by atoms with Gasteiger partial charge in [-0.15, -0.1) is 0 Å². The highest BCUT2D eigenvalue weighted by Crippen LogP contribution is 2.38. The number of hydrogen-bond acceptors (Lipinski definition) is 7. The third-order valence-corrected chi connectivity index (χ3v) is 4.53. The van der Waals surface area contributed by atoms with Gasteiger partial charge >= 0.3 is 11.9 Å². The third kappa shape index (κ3) is 4.71. The van der Waals surface area contributed by atoms with E-state index in [0.717, 1.165) is 5.56 Å². The molecule has 1 aromatic rings. The van der Waals surface area contributed by atoms with Crippen molar-refractivity contribution in [3.8, 4) is 0 Å². The van der Waals surface area contributed by atoms with Crippen LogP contribution in [0.1, 0.15) is 25.3 Å². The van der Waals surface area contributed by atoms with Crippen LogP contribution in [0.2, 0.25) is 0 Å². The maximum Gasteiger partial charge on any atom is 0.337 e. The number of β-lactam (4-membered cyclic amide) rings is 1. The fraction of sp³-hybridized carbons (Fsp3) is 0.333. The van der Waals surface area contributed by atoms with Crippen LogP contribution in [0.3, 0.4) is 0 Å². The number of ether oxygens (including phenoxy) is 3. The number of carbonyl (C=O) groups excluding carboxylic acids is 4. The predicted molar refractivity (Wildman–Crippen MR) is 99.8 cm³/mol. The van der Waals surface area contributed by atoms with Crippen LogP contribution >= 0.6 is 0 Å². The van der Waals surface area contributed by atoms with E-state index in [1.165, 1.54) is 11.8 Å². The molecule has 1 unspecified atom stereocenters. The maximum absolute atomic E-state index is 12.7. The van der Waals surface area contributed by atoms with Gasteiger partial charge in [0.2, 0.25) is 5.91 Å². The van der Waals surface area contributed by atoms with Gasteiger partial charge in [0.25, 0.3) is 0 Å². The minimum atomic E-state index is -1.08. The number of benzene rings is 1. The molecule has 0 radical (unpaired) electrons. The van der Waals surface area contributed by atoms with E-state index in [4.69, 9.17) is 14.2 Å². The molecule has 0 aromatic heterocycles. The van der Waals surface area contributed by atoms with E-state index in [1.54, 1.807) is 12.2 Å². The van der Waals surface area contributed by atoms with Crippen molar-refractivity contribution in [3.05, 3.63) is 59.4 Å². The van der Waals surface area contributed by atoms with Crippen LogP contribution in [0.15, 0.2) is 53.8 Å². The van der Waals surface area contributed by atoms with E-state index in [9.17, 15) is 19.2 Å². The highest BCUT2D eigenvalue weighted by atomic mass is 16.6. The SMILES string of the molecule is CC(=O)OC/C=C/C/C(C=O)=C1/O[C@@H]2CC(=O)N2C1C(=O)OCc1ccccc1. The molecule has 1 aromatic carbocycles. The number of esters is 2. The lowest BCUT2D eigenvalue weighted by Gasteiger charge is -2.33. The summed E-state index contributed by atoms with van der Waals surface area (Å²) < 4.78 is 15.9. The first-order chi connectivity index (χ1) is 14.0. The van der Waals surface area contributed by atoms with Crippen LogP contribution in [-0.2, 0) is 40.0 Å². The minimum Gasteiger partial charge on any atom is -0.471 e. The Hall–Kier alpha value is -3.42. The Kier molecular flexibility index (Phi) is 6.43. The lowest BCUT2D eigenvalue weighted by molar-refractivity contribution is -0.166. The van der Waals surface area contributed by atoms with Crippen LogP contribution in [0.5, 0.6) is 0 Å². The van der Waals surface area contributed by atoms with Crippen molar-refractivity contribution in [1.82, 2.24) is 4.90 Å². The summed E-state index contributed by atoms with van der Waals surface area (Å²) in [6.07, 6.45) is 3.57. The second kappa shape index (κ2) is 9.18. The van der Waals surface area contributed by atoms with Gasteiger partial charge in [0, 0.05) is 12.5 Å². The zero-order valence-corrected chi connectivity index (χ0v) is 15.9. The van der Waals surface area contributed by atoms with Crippen molar-refractivity contribution >= 4 is 24.1 Å². The summed E-state index contributed by atoms with van der Waals surface area (Å²) in [6.45, 7) is 1.42. The molecule has 2 fully saturated rings. The van der Waals surface area contributed by atoms with Crippen molar-refractivity contribution in [3.63, 3.8) is 0 Å². The molecule has 0 bridgehead atoms. The number of aldehydes is 1. The van der Waals surface area contributed by atoms with Gasteiger partial charge in [0.15, 0.2) is 12.3 Å². The van der Waals surface area contributed by atoms with Crippen LogP contribution in [0, 0.1) is 0 Å². The smallest absolute Gasteiger partial charge is 0.337 e. The Balaban J connectivity index is 1.73. The first-order valence-corrected chi connectivity index (χ1v) is 9.16. The maximum atomic E-state index is 12.7. The second-order valence-electron chi connectivity index (χ2n) is 6.56. The molecule has 2 aliphatic heterocycles. The van der Waals surface area contributed by atoms with Crippen LogP contribution < -0.4 is 0 Å². The molecule has 0 N–H and O–H groups in total. The fourth-order valence-electron chi connectivity index (χ4n) is 3.08.